The van der Waals surface area contributed by atoms with Crippen molar-refractivity contribution in [1.82, 2.24) is 59.1 Å². The van der Waals surface area contributed by atoms with Gasteiger partial charge in [-0.05, 0) is 186 Å². The van der Waals surface area contributed by atoms with Crippen LogP contribution in [-0.2, 0) is 61.0 Å². The number of amides is 9. The van der Waals surface area contributed by atoms with Gasteiger partial charge in [0.1, 0.15) is 35.6 Å². The summed E-state index contributed by atoms with van der Waals surface area (Å²) in [6.45, 7) is 14.3. The molecule has 7 fully saturated rings. The van der Waals surface area contributed by atoms with Gasteiger partial charge in [-0.25, -0.2) is 15.0 Å². The van der Waals surface area contributed by atoms with Crippen LogP contribution in [0.25, 0.3) is 0 Å². The maximum atomic E-state index is 13.4. The zero-order chi connectivity index (χ0) is 82.1. The quantitative estimate of drug-likeness (QED) is 0.0642. The lowest BCUT2D eigenvalue weighted by molar-refractivity contribution is -0.137. The molecule has 9 amide bonds. The van der Waals surface area contributed by atoms with Crippen LogP contribution in [0.1, 0.15) is 184 Å². The molecular weight excluding hydrogens is 1530 g/mol. The highest BCUT2D eigenvalue weighted by atomic mass is 35.5. The first-order valence-corrected chi connectivity index (χ1v) is 40.4. The zero-order valence-electron chi connectivity index (χ0n) is 66.5. The maximum absolute atomic E-state index is 13.4. The number of aromatic nitrogens is 3. The van der Waals surface area contributed by atoms with Gasteiger partial charge in [0.25, 0.3) is 17.7 Å². The van der Waals surface area contributed by atoms with Crippen molar-refractivity contribution in [3.63, 3.8) is 0 Å². The lowest BCUT2D eigenvalue weighted by Crippen LogP contribution is -2.51. The van der Waals surface area contributed by atoms with Crippen molar-refractivity contribution >= 4 is 105 Å². The topological polar surface area (TPSA) is 258 Å². The van der Waals surface area contributed by atoms with Gasteiger partial charge >= 0.3 is 6.18 Å². The number of carbonyl (C=O) groups excluding carboxylic acids is 9. The number of halogens is 6. The van der Waals surface area contributed by atoms with E-state index in [0.29, 0.717) is 116 Å². The Hall–Kier alpha value is -9.12. The molecule has 0 spiro atoms. The van der Waals surface area contributed by atoms with Crippen LogP contribution >= 0.6 is 34.8 Å². The van der Waals surface area contributed by atoms with Crippen molar-refractivity contribution in [2.75, 3.05) is 97.5 Å². The first-order chi connectivity index (χ1) is 54.2. The molecule has 13 rings (SSSR count). The first kappa shape index (κ1) is 85.8. The van der Waals surface area contributed by atoms with E-state index in [-0.39, 0.29) is 88.6 Å². The molecule has 30 heteroatoms. The summed E-state index contributed by atoms with van der Waals surface area (Å²) >= 11 is 18.2. The van der Waals surface area contributed by atoms with E-state index in [0.717, 1.165) is 117 Å². The van der Waals surface area contributed by atoms with Gasteiger partial charge in [-0.2, -0.15) is 13.2 Å². The van der Waals surface area contributed by atoms with Crippen LogP contribution < -0.4 is 16.0 Å². The fourth-order valence-electron chi connectivity index (χ4n) is 16.2. The molecule has 3 aromatic heterocycles. The Kier molecular flexibility index (Phi) is 28.3. The summed E-state index contributed by atoms with van der Waals surface area (Å²) in [6, 6.07) is 24.5. The molecule has 114 heavy (non-hydrogen) atoms. The van der Waals surface area contributed by atoms with E-state index in [9.17, 15) is 56.3 Å². The van der Waals surface area contributed by atoms with Crippen LogP contribution in [0, 0.1) is 20.8 Å². The van der Waals surface area contributed by atoms with Crippen LogP contribution in [0.3, 0.4) is 0 Å². The van der Waals surface area contributed by atoms with Gasteiger partial charge in [-0.15, -0.1) is 0 Å². The van der Waals surface area contributed by atoms with Crippen LogP contribution in [0.4, 0.5) is 30.6 Å². The first-order valence-electron chi connectivity index (χ1n) is 39.2. The summed E-state index contributed by atoms with van der Waals surface area (Å²) in [4.78, 5) is 146. The van der Waals surface area contributed by atoms with E-state index in [4.69, 9.17) is 34.8 Å². The number of nitrogens with zero attached hydrogens (tertiary/aromatic N) is 12. The number of rotatable bonds is 20. The minimum Gasteiger partial charge on any atom is -0.345 e. The summed E-state index contributed by atoms with van der Waals surface area (Å²) < 4.78 is 39.7. The Labute approximate surface area is 679 Å². The smallest absolute Gasteiger partial charge is 0.345 e. The SMILES string of the molecule is CCc1cc(CN2CCC(N3C(=O)CC[C@@H]3C(=O)Nc3cc(C(=O)N(C)C)cc(C)n3)CC2)ccc1Cl.Cc1cc(C(=O)N(C)C)cc(NC(=O)[C@H]2CCC(=O)N2C2CCN(Cc3ccc(Cl)c(C(F)(F)F)c3)CC2)n1.Cc1cc(CN2CCC(N3C(=O)CC[C@@H]3C(=O)Nc3cc(C(=O)N(C)C)cc(C4CC4)n3)CC2)ccc1Cl. The molecule has 3 N–H and O–H groups in total. The third-order valence-electron chi connectivity index (χ3n) is 22.3. The number of carbonyl (C=O) groups is 9. The van der Waals surface area contributed by atoms with Crippen LogP contribution in [0.2, 0.25) is 15.1 Å². The third kappa shape index (κ3) is 21.7. The molecule has 9 heterocycles. The molecule has 0 radical (unpaired) electrons. The molecule has 1 saturated carbocycles. The highest BCUT2D eigenvalue weighted by Gasteiger charge is 2.45. The van der Waals surface area contributed by atoms with E-state index in [2.05, 4.69) is 71.9 Å². The van der Waals surface area contributed by atoms with Crippen molar-refractivity contribution in [1.29, 1.82) is 0 Å². The lowest BCUT2D eigenvalue weighted by atomic mass is 10.0. The fourth-order valence-corrected chi connectivity index (χ4v) is 16.8. The number of likely N-dealkylation sites (tertiary alicyclic amines) is 6. The molecule has 6 aromatic rings. The van der Waals surface area contributed by atoms with Crippen molar-refractivity contribution in [3.05, 3.63) is 173 Å². The summed E-state index contributed by atoms with van der Waals surface area (Å²) in [7, 11) is 10.1. The van der Waals surface area contributed by atoms with Gasteiger partial charge in [0.15, 0.2) is 0 Å². The summed E-state index contributed by atoms with van der Waals surface area (Å²) in [5.41, 5.74) is 7.81. The van der Waals surface area contributed by atoms with Crippen LogP contribution in [0.15, 0.2) is 91.0 Å². The minimum atomic E-state index is -4.52. The Morgan fingerprint density at radius 3 is 1.13 bits per heavy atom. The molecular formula is C84H103Cl3F3N15O9. The summed E-state index contributed by atoms with van der Waals surface area (Å²) in [6.07, 6.45) is 5.35. The Balaban J connectivity index is 0.000000169. The van der Waals surface area contributed by atoms with Crippen molar-refractivity contribution in [2.45, 2.75) is 192 Å². The standard InChI is InChI=1S/C29H36ClN5O3.C28H36ClN5O3.C27H31ClF3N5O3/c1-18-14-19(4-7-23(18)30)17-34-12-10-22(11-13-34)35-25(8-9-27(35)36)28(37)32-26-16-21(29(38)33(2)3)15-24(31-26)20-5-6-20;1-5-20-15-19(6-7-23(20)29)17-33-12-10-22(11-13-33)34-24(8-9-26(34)35)27(36)31-25-16-21(14-18(2)30-25)28(37)32(3)4;1-16-12-18(26(39)34(2)3)14-23(32-16)33-25(38)22-6-7-24(37)36(22)19-8-10-35(11-9-19)15-17-4-5-21(28)20(13-17)27(29,30)31/h4,7,14-16,20,22,25H,5-6,8-13,17H2,1-3H3,(H,31,32,37);6-7,14-16,22,24H,5,8-13,17H2,1-4H3,(H,30,31,36);4-5,12-14,19,22H,6-11,15H2,1-3H3,(H,32,33,38)/t25-;24-;22-/m111/s1. The fraction of sp³-hybridized carbons (Fsp3) is 0.500. The Morgan fingerprint density at radius 1 is 0.439 bits per heavy atom. The number of aryl methyl sites for hydroxylation is 4. The van der Waals surface area contributed by atoms with E-state index in [1.807, 2.05) is 34.9 Å². The van der Waals surface area contributed by atoms with Gasteiger partial charge < -0.3 is 45.3 Å². The lowest BCUT2D eigenvalue weighted by Gasteiger charge is -2.39. The second-order valence-electron chi connectivity index (χ2n) is 31.5. The van der Waals surface area contributed by atoms with Crippen LogP contribution in [0.5, 0.6) is 0 Å². The molecule has 0 bridgehead atoms. The van der Waals surface area contributed by atoms with Gasteiger partial charge in [0.2, 0.25) is 35.4 Å². The van der Waals surface area contributed by atoms with Gasteiger partial charge in [-0.3, -0.25) is 57.9 Å². The second-order valence-corrected chi connectivity index (χ2v) is 32.8. The number of hydrogen-bond acceptors (Lipinski definition) is 15. The van der Waals surface area contributed by atoms with Gasteiger partial charge in [-0.1, -0.05) is 72.1 Å². The zero-order valence-corrected chi connectivity index (χ0v) is 68.7. The number of alkyl halides is 3. The predicted octanol–water partition coefficient (Wildman–Crippen LogP) is 12.5. The highest BCUT2D eigenvalue weighted by molar-refractivity contribution is 6.32. The number of pyridine rings is 3. The van der Waals surface area contributed by atoms with E-state index in [1.54, 1.807) is 96.3 Å². The molecule has 6 aliphatic heterocycles. The number of anilines is 3. The molecule has 3 atom stereocenters. The molecule has 1 aliphatic carbocycles. The van der Waals surface area contributed by atoms with E-state index >= 15 is 0 Å². The van der Waals surface area contributed by atoms with Gasteiger partial charge in [0, 0.05) is 188 Å². The minimum absolute atomic E-state index is 0.0320. The largest absolute Gasteiger partial charge is 0.417 e. The number of benzene rings is 3. The summed E-state index contributed by atoms with van der Waals surface area (Å²) in [5.74, 6) is -0.0339. The van der Waals surface area contributed by atoms with Crippen molar-refractivity contribution in [3.8, 4) is 0 Å². The molecule has 3 aromatic carbocycles. The highest BCUT2D eigenvalue weighted by Crippen LogP contribution is 2.41. The molecule has 6 saturated heterocycles. The average Bonchev–Trinajstić information content (AvgIpc) is 1.64. The normalized spacial score (nSPS) is 19.4. The van der Waals surface area contributed by atoms with Crippen molar-refractivity contribution in [2.24, 2.45) is 0 Å². The Bertz CT molecular complexity index is 4580. The average molecular weight is 1630 g/mol. The molecule has 0 unspecified atom stereocenters. The number of piperidine rings is 3. The maximum Gasteiger partial charge on any atom is 0.417 e. The third-order valence-corrected chi connectivity index (χ3v) is 23.4. The molecule has 7 aliphatic rings. The van der Waals surface area contributed by atoms with Crippen LogP contribution in [-0.4, -0.2) is 230 Å². The van der Waals surface area contributed by atoms with E-state index in [1.165, 1.54) is 38.0 Å². The number of nitrogens with one attached hydrogen (secondary N) is 3. The Morgan fingerprint density at radius 2 is 0.781 bits per heavy atom. The summed E-state index contributed by atoms with van der Waals surface area (Å²) in [5, 5.41) is 9.85. The predicted molar refractivity (Wildman–Crippen MR) is 432 cm³/mol. The molecule has 610 valence electrons. The monoisotopic (exact) mass is 1630 g/mol. The number of hydrogen-bond donors (Lipinski definition) is 3. The molecule has 24 nitrogen and oxygen atoms in total. The second kappa shape index (κ2) is 37.7. The van der Waals surface area contributed by atoms with Crippen molar-refractivity contribution < 1.29 is 56.3 Å². The van der Waals surface area contributed by atoms with Gasteiger partial charge in [0.05, 0.1) is 10.6 Å². The van der Waals surface area contributed by atoms with E-state index < -0.39 is 29.9 Å².